The predicted molar refractivity (Wildman–Crippen MR) is 69.2 cm³/mol. The Labute approximate surface area is 118 Å². The Hall–Kier alpha value is -1.79. The highest BCUT2D eigenvalue weighted by atomic mass is 35.5. The highest BCUT2D eigenvalue weighted by Crippen LogP contribution is 2.25. The second kappa shape index (κ2) is 6.40. The first-order valence-corrected chi connectivity index (χ1v) is 5.84. The first-order chi connectivity index (χ1) is 8.82. The summed E-state index contributed by atoms with van der Waals surface area (Å²) in [5, 5.41) is 11.2. The van der Waals surface area contributed by atoms with Crippen LogP contribution in [0.1, 0.15) is 16.8 Å². The fraction of sp³-hybridized carbons (Fsp3) is 0.182. The van der Waals surface area contributed by atoms with Crippen molar-refractivity contribution in [1.29, 1.82) is 0 Å². The summed E-state index contributed by atoms with van der Waals surface area (Å²) in [6.07, 6.45) is -0.515. The number of nitrogens with two attached hydrogens (primary N) is 1. The Bertz CT molecular complexity index is 533. The van der Waals surface area contributed by atoms with E-state index in [2.05, 4.69) is 5.32 Å². The number of hydrogen-bond acceptors (Lipinski definition) is 3. The maximum Gasteiger partial charge on any atom is 0.326 e. The summed E-state index contributed by atoms with van der Waals surface area (Å²) in [5.74, 6) is -2.96. The minimum absolute atomic E-state index is 0.00452. The zero-order valence-corrected chi connectivity index (χ0v) is 11.0. The molecule has 2 amide bonds. The molecule has 0 heterocycles. The third kappa shape index (κ3) is 4.11. The molecule has 0 fully saturated rings. The van der Waals surface area contributed by atoms with Gasteiger partial charge in [-0.25, -0.2) is 4.79 Å². The Balaban J connectivity index is 2.91. The number of primary amides is 1. The molecule has 102 valence electrons. The van der Waals surface area contributed by atoms with Crippen molar-refractivity contribution >= 4 is 41.0 Å². The first kappa shape index (κ1) is 15.3. The van der Waals surface area contributed by atoms with Crippen molar-refractivity contribution in [3.63, 3.8) is 0 Å². The average Bonchev–Trinajstić information content (AvgIpc) is 2.31. The third-order valence-corrected chi connectivity index (χ3v) is 3.02. The van der Waals surface area contributed by atoms with Gasteiger partial charge >= 0.3 is 5.97 Å². The SMILES string of the molecule is NC(=O)CC(NC(=O)c1cccc(Cl)c1Cl)C(=O)O. The minimum Gasteiger partial charge on any atom is -0.480 e. The van der Waals surface area contributed by atoms with Crippen molar-refractivity contribution < 1.29 is 19.5 Å². The van der Waals surface area contributed by atoms with Crippen LogP contribution in [-0.4, -0.2) is 28.9 Å². The lowest BCUT2D eigenvalue weighted by Gasteiger charge is -2.13. The summed E-state index contributed by atoms with van der Waals surface area (Å²) in [5.41, 5.74) is 4.92. The van der Waals surface area contributed by atoms with Crippen LogP contribution in [0, 0.1) is 0 Å². The number of carboxylic acid groups (broad SMARTS) is 1. The number of carboxylic acids is 1. The standard InChI is InChI=1S/C11H10Cl2N2O4/c12-6-3-1-2-5(9(6)13)10(17)15-7(11(18)19)4-8(14)16/h1-3,7H,4H2,(H2,14,16)(H,15,17)(H,18,19). The van der Waals surface area contributed by atoms with Crippen LogP contribution in [0.2, 0.25) is 10.0 Å². The molecule has 0 aliphatic heterocycles. The summed E-state index contributed by atoms with van der Waals surface area (Å²) in [6.45, 7) is 0. The van der Waals surface area contributed by atoms with Crippen LogP contribution in [0.15, 0.2) is 18.2 Å². The van der Waals surface area contributed by atoms with Crippen LogP contribution in [0.25, 0.3) is 0 Å². The Morgan fingerprint density at radius 3 is 2.47 bits per heavy atom. The maximum atomic E-state index is 11.8. The normalized spacial score (nSPS) is 11.7. The van der Waals surface area contributed by atoms with Gasteiger partial charge in [-0.15, -0.1) is 0 Å². The molecule has 0 saturated heterocycles. The smallest absolute Gasteiger partial charge is 0.326 e. The van der Waals surface area contributed by atoms with Gasteiger partial charge in [0, 0.05) is 0 Å². The molecular weight excluding hydrogens is 295 g/mol. The average molecular weight is 305 g/mol. The minimum atomic E-state index is -1.42. The quantitative estimate of drug-likeness (QED) is 0.755. The fourth-order valence-electron chi connectivity index (χ4n) is 1.32. The molecule has 0 saturated carbocycles. The van der Waals surface area contributed by atoms with Crippen molar-refractivity contribution in [3.05, 3.63) is 33.8 Å². The van der Waals surface area contributed by atoms with E-state index in [1.165, 1.54) is 18.2 Å². The predicted octanol–water partition coefficient (Wildman–Crippen LogP) is 1.05. The van der Waals surface area contributed by atoms with E-state index in [9.17, 15) is 14.4 Å². The van der Waals surface area contributed by atoms with Crippen LogP contribution >= 0.6 is 23.2 Å². The number of benzene rings is 1. The van der Waals surface area contributed by atoms with Gasteiger partial charge in [-0.1, -0.05) is 29.3 Å². The molecule has 0 spiro atoms. The molecule has 1 aromatic carbocycles. The lowest BCUT2D eigenvalue weighted by molar-refractivity contribution is -0.140. The molecule has 1 rings (SSSR count). The molecule has 0 aromatic heterocycles. The summed E-state index contributed by atoms with van der Waals surface area (Å²) in [4.78, 5) is 33.4. The van der Waals surface area contributed by atoms with E-state index in [0.717, 1.165) is 0 Å². The number of hydrogen-bond donors (Lipinski definition) is 3. The molecule has 1 unspecified atom stereocenters. The van der Waals surface area contributed by atoms with Crippen molar-refractivity contribution in [2.75, 3.05) is 0 Å². The molecule has 0 bridgehead atoms. The first-order valence-electron chi connectivity index (χ1n) is 5.09. The van der Waals surface area contributed by atoms with Crippen molar-refractivity contribution in [3.8, 4) is 0 Å². The van der Waals surface area contributed by atoms with E-state index < -0.39 is 30.2 Å². The Morgan fingerprint density at radius 1 is 1.32 bits per heavy atom. The van der Waals surface area contributed by atoms with Crippen molar-refractivity contribution in [2.24, 2.45) is 5.73 Å². The summed E-state index contributed by atoms with van der Waals surface area (Å²) in [6, 6.07) is 2.94. The number of carbonyl (C=O) groups excluding carboxylic acids is 2. The molecule has 8 heteroatoms. The molecule has 4 N–H and O–H groups in total. The molecule has 1 aromatic rings. The third-order valence-electron chi connectivity index (χ3n) is 2.20. The highest BCUT2D eigenvalue weighted by Gasteiger charge is 2.24. The second-order valence-electron chi connectivity index (χ2n) is 3.64. The van der Waals surface area contributed by atoms with E-state index in [4.69, 9.17) is 34.0 Å². The van der Waals surface area contributed by atoms with Gasteiger partial charge in [-0.3, -0.25) is 9.59 Å². The lowest BCUT2D eigenvalue weighted by atomic mass is 10.1. The van der Waals surface area contributed by atoms with Crippen LogP contribution in [0.3, 0.4) is 0 Å². The topological polar surface area (TPSA) is 109 Å². The number of amides is 2. The van der Waals surface area contributed by atoms with Crippen LogP contribution in [-0.2, 0) is 9.59 Å². The molecule has 1 atom stereocenters. The van der Waals surface area contributed by atoms with Gasteiger partial charge in [0.15, 0.2) is 0 Å². The molecule has 0 aliphatic carbocycles. The molecule has 0 radical (unpaired) electrons. The van der Waals surface area contributed by atoms with E-state index >= 15 is 0 Å². The van der Waals surface area contributed by atoms with Crippen molar-refractivity contribution in [2.45, 2.75) is 12.5 Å². The van der Waals surface area contributed by atoms with Crippen LogP contribution in [0.5, 0.6) is 0 Å². The van der Waals surface area contributed by atoms with Crippen LogP contribution < -0.4 is 11.1 Å². The second-order valence-corrected chi connectivity index (χ2v) is 4.42. The largest absolute Gasteiger partial charge is 0.480 e. The van der Waals surface area contributed by atoms with Gasteiger partial charge in [-0.05, 0) is 12.1 Å². The number of aliphatic carboxylic acids is 1. The summed E-state index contributed by atoms with van der Waals surface area (Å²) < 4.78 is 0. The van der Waals surface area contributed by atoms with Gasteiger partial charge in [0.25, 0.3) is 5.91 Å². The number of nitrogens with one attached hydrogen (secondary N) is 1. The van der Waals surface area contributed by atoms with Crippen LogP contribution in [0.4, 0.5) is 0 Å². The van der Waals surface area contributed by atoms with E-state index in [1.54, 1.807) is 0 Å². The van der Waals surface area contributed by atoms with Gasteiger partial charge < -0.3 is 16.2 Å². The van der Waals surface area contributed by atoms with E-state index in [1.807, 2.05) is 0 Å². The van der Waals surface area contributed by atoms with Gasteiger partial charge in [-0.2, -0.15) is 0 Å². The zero-order valence-electron chi connectivity index (χ0n) is 9.52. The Morgan fingerprint density at radius 2 is 1.95 bits per heavy atom. The van der Waals surface area contributed by atoms with Crippen molar-refractivity contribution in [1.82, 2.24) is 5.32 Å². The highest BCUT2D eigenvalue weighted by molar-refractivity contribution is 6.43. The van der Waals surface area contributed by atoms with E-state index in [0.29, 0.717) is 0 Å². The van der Waals surface area contributed by atoms with E-state index in [-0.39, 0.29) is 15.6 Å². The fourth-order valence-corrected chi connectivity index (χ4v) is 1.70. The molecule has 0 aliphatic rings. The van der Waals surface area contributed by atoms with Gasteiger partial charge in [0.1, 0.15) is 6.04 Å². The number of halogens is 2. The number of carbonyl (C=O) groups is 3. The number of rotatable bonds is 5. The maximum absolute atomic E-state index is 11.8. The molecule has 6 nitrogen and oxygen atoms in total. The molecule has 19 heavy (non-hydrogen) atoms. The summed E-state index contributed by atoms with van der Waals surface area (Å²) in [7, 11) is 0. The Kier molecular flexibility index (Phi) is 5.14. The van der Waals surface area contributed by atoms with Gasteiger partial charge in [0.2, 0.25) is 5.91 Å². The zero-order chi connectivity index (χ0) is 14.6. The molecular formula is C11H10Cl2N2O4. The monoisotopic (exact) mass is 304 g/mol. The summed E-state index contributed by atoms with van der Waals surface area (Å²) >= 11 is 11.6. The lowest BCUT2D eigenvalue weighted by Crippen LogP contribution is -2.43. The van der Waals surface area contributed by atoms with Gasteiger partial charge in [0.05, 0.1) is 22.0 Å².